The van der Waals surface area contributed by atoms with Crippen LogP contribution in [0.25, 0.3) is 11.5 Å². The van der Waals surface area contributed by atoms with Crippen LogP contribution in [-0.4, -0.2) is 37.8 Å². The summed E-state index contributed by atoms with van der Waals surface area (Å²) in [6, 6.07) is 19.6. The molecule has 5 rings (SSSR count). The van der Waals surface area contributed by atoms with Crippen molar-refractivity contribution in [3.63, 3.8) is 0 Å². The van der Waals surface area contributed by atoms with Crippen LogP contribution in [0.3, 0.4) is 0 Å². The summed E-state index contributed by atoms with van der Waals surface area (Å²) in [5, 5.41) is 7.84. The van der Waals surface area contributed by atoms with Crippen molar-refractivity contribution in [2.75, 3.05) is 17.9 Å². The number of rotatable bonds is 7. The van der Waals surface area contributed by atoms with Gasteiger partial charge in [-0.2, -0.15) is 0 Å². The number of carbonyl (C=O) groups is 1. The topological polar surface area (TPSA) is 130 Å². The summed E-state index contributed by atoms with van der Waals surface area (Å²) in [6.07, 6.45) is 0. The monoisotopic (exact) mass is 493 g/mol. The predicted molar refractivity (Wildman–Crippen MR) is 124 cm³/mol. The number of sulfonamides is 1. The van der Waals surface area contributed by atoms with E-state index < -0.39 is 16.0 Å². The van der Waals surface area contributed by atoms with Crippen molar-refractivity contribution >= 4 is 21.7 Å². The van der Waals surface area contributed by atoms with Crippen molar-refractivity contribution in [3.05, 3.63) is 84.3 Å². The number of ether oxygens (including phenoxy) is 3. The first-order chi connectivity index (χ1) is 17.0. The minimum atomic E-state index is -4.03. The molecule has 2 heterocycles. The first-order valence-electron chi connectivity index (χ1n) is 10.6. The molecule has 1 aromatic heterocycles. The Morgan fingerprint density at radius 3 is 2.49 bits per heavy atom. The van der Waals surface area contributed by atoms with Crippen LogP contribution in [0.2, 0.25) is 0 Å². The van der Waals surface area contributed by atoms with E-state index in [0.29, 0.717) is 30.6 Å². The minimum Gasteiger partial charge on any atom is -0.486 e. The molecule has 0 unspecified atom stereocenters. The number of carbonyl (C=O) groups excluding carboxylic acids is 1. The third kappa shape index (κ3) is 4.94. The number of para-hydroxylation sites is 1. The van der Waals surface area contributed by atoms with Gasteiger partial charge in [0, 0.05) is 11.6 Å². The van der Waals surface area contributed by atoms with Crippen LogP contribution in [0.4, 0.5) is 5.69 Å². The van der Waals surface area contributed by atoms with E-state index in [2.05, 4.69) is 14.9 Å². The third-order valence-electron chi connectivity index (χ3n) is 5.03. The van der Waals surface area contributed by atoms with E-state index in [-0.39, 0.29) is 28.6 Å². The molecule has 1 aliphatic rings. The number of benzene rings is 3. The lowest BCUT2D eigenvalue weighted by molar-refractivity contribution is 0.0440. The molecule has 0 amide bonds. The van der Waals surface area contributed by atoms with Gasteiger partial charge in [0.25, 0.3) is 15.9 Å². The lowest BCUT2D eigenvalue weighted by Gasteiger charge is -2.19. The number of esters is 1. The number of hydrogen-bond donors (Lipinski definition) is 1. The number of hydrogen-bond acceptors (Lipinski definition) is 9. The molecular formula is C24H19N3O7S. The maximum Gasteiger partial charge on any atom is 0.340 e. The average molecular weight is 493 g/mol. The van der Waals surface area contributed by atoms with Crippen LogP contribution in [-0.2, 0) is 21.4 Å². The highest BCUT2D eigenvalue weighted by atomic mass is 32.2. The number of aromatic nitrogens is 2. The fourth-order valence-electron chi connectivity index (χ4n) is 3.36. The summed E-state index contributed by atoms with van der Waals surface area (Å²) in [6.45, 7) is 0.442. The second-order valence-corrected chi connectivity index (χ2v) is 9.08. The average Bonchev–Trinajstić information content (AvgIpc) is 3.37. The molecular weight excluding hydrogens is 474 g/mol. The predicted octanol–water partition coefficient (Wildman–Crippen LogP) is 3.67. The Kier molecular flexibility index (Phi) is 6.06. The largest absolute Gasteiger partial charge is 0.486 e. The van der Waals surface area contributed by atoms with E-state index >= 15 is 0 Å². The van der Waals surface area contributed by atoms with E-state index in [0.717, 1.165) is 5.56 Å². The van der Waals surface area contributed by atoms with E-state index in [1.54, 1.807) is 12.1 Å². The Bertz CT molecular complexity index is 1470. The second-order valence-electron chi connectivity index (χ2n) is 7.40. The van der Waals surface area contributed by atoms with E-state index in [9.17, 15) is 13.2 Å². The van der Waals surface area contributed by atoms with Crippen LogP contribution in [0.1, 0.15) is 16.2 Å². The lowest BCUT2D eigenvalue weighted by atomic mass is 10.2. The number of nitrogens with one attached hydrogen (secondary N) is 1. The van der Waals surface area contributed by atoms with Crippen molar-refractivity contribution in [3.8, 4) is 23.0 Å². The first-order valence-corrected chi connectivity index (χ1v) is 12.0. The fraction of sp³-hybridized carbons (Fsp3) is 0.125. The summed E-state index contributed by atoms with van der Waals surface area (Å²) >= 11 is 0. The number of fused-ring (bicyclic) bond motifs is 1. The molecule has 0 spiro atoms. The van der Waals surface area contributed by atoms with Gasteiger partial charge in [-0.3, -0.25) is 4.72 Å². The molecule has 11 heteroatoms. The molecule has 0 saturated carbocycles. The van der Waals surface area contributed by atoms with E-state index in [1.165, 1.54) is 30.3 Å². The van der Waals surface area contributed by atoms with Gasteiger partial charge in [0.15, 0.2) is 18.1 Å². The van der Waals surface area contributed by atoms with Crippen molar-refractivity contribution in [1.82, 2.24) is 10.2 Å². The standard InChI is InChI=1S/C24H19N3O7S/c28-24(33-15-22-25-26-23(34-22)16-6-2-1-3-7-16)18-8-4-5-9-19(18)27-35(29,30)17-10-11-20-21(14-17)32-13-12-31-20/h1-11,14,27H,12-13,15H2. The smallest absolute Gasteiger partial charge is 0.340 e. The molecule has 178 valence electrons. The summed E-state index contributed by atoms with van der Waals surface area (Å²) in [5.74, 6) is 0.442. The molecule has 10 nitrogen and oxygen atoms in total. The summed E-state index contributed by atoms with van der Waals surface area (Å²) in [4.78, 5) is 12.7. The molecule has 0 aliphatic carbocycles. The zero-order valence-corrected chi connectivity index (χ0v) is 19.0. The summed E-state index contributed by atoms with van der Waals surface area (Å²) < 4.78 is 50.1. The van der Waals surface area contributed by atoms with Crippen molar-refractivity contribution in [2.24, 2.45) is 0 Å². The minimum absolute atomic E-state index is 0.0245. The normalized spacial score (nSPS) is 12.7. The van der Waals surface area contributed by atoms with Gasteiger partial charge in [-0.05, 0) is 36.4 Å². The van der Waals surface area contributed by atoms with E-state index in [1.807, 2.05) is 30.3 Å². The fourth-order valence-corrected chi connectivity index (χ4v) is 4.45. The number of anilines is 1. The first kappa shape index (κ1) is 22.4. The highest BCUT2D eigenvalue weighted by Gasteiger charge is 2.22. The van der Waals surface area contributed by atoms with Crippen molar-refractivity contribution in [1.29, 1.82) is 0 Å². The van der Waals surface area contributed by atoms with Crippen molar-refractivity contribution in [2.45, 2.75) is 11.5 Å². The van der Waals surface area contributed by atoms with Crippen LogP contribution in [0.5, 0.6) is 11.5 Å². The number of nitrogens with zero attached hydrogens (tertiary/aromatic N) is 2. The highest BCUT2D eigenvalue weighted by molar-refractivity contribution is 7.92. The second kappa shape index (κ2) is 9.47. The lowest BCUT2D eigenvalue weighted by Crippen LogP contribution is -2.18. The molecule has 1 aliphatic heterocycles. The molecule has 0 fully saturated rings. The Morgan fingerprint density at radius 1 is 0.914 bits per heavy atom. The Morgan fingerprint density at radius 2 is 1.66 bits per heavy atom. The maximum absolute atomic E-state index is 13.0. The van der Waals surface area contributed by atoms with Gasteiger partial charge in [-0.15, -0.1) is 10.2 Å². The molecule has 0 saturated heterocycles. The SMILES string of the molecule is O=C(OCc1nnc(-c2ccccc2)o1)c1ccccc1NS(=O)(=O)c1ccc2c(c1)OCCO2. The maximum atomic E-state index is 13.0. The van der Waals surface area contributed by atoms with Gasteiger partial charge >= 0.3 is 5.97 Å². The molecule has 0 radical (unpaired) electrons. The van der Waals surface area contributed by atoms with E-state index in [4.69, 9.17) is 18.6 Å². The van der Waals surface area contributed by atoms with Crippen LogP contribution >= 0.6 is 0 Å². The molecule has 0 atom stereocenters. The van der Waals surface area contributed by atoms with Crippen molar-refractivity contribution < 1.29 is 31.8 Å². The third-order valence-corrected chi connectivity index (χ3v) is 6.39. The zero-order chi connectivity index (χ0) is 24.3. The molecule has 35 heavy (non-hydrogen) atoms. The highest BCUT2D eigenvalue weighted by Crippen LogP contribution is 2.33. The van der Waals surface area contributed by atoms with Gasteiger partial charge in [0.05, 0.1) is 16.1 Å². The molecule has 4 aromatic rings. The zero-order valence-electron chi connectivity index (χ0n) is 18.2. The summed E-state index contributed by atoms with van der Waals surface area (Å²) in [5.41, 5.74) is 0.816. The van der Waals surface area contributed by atoms with Gasteiger partial charge in [0.2, 0.25) is 5.89 Å². The molecule has 0 bridgehead atoms. The Balaban J connectivity index is 1.30. The van der Waals surface area contributed by atoms with Gasteiger partial charge < -0.3 is 18.6 Å². The van der Waals surface area contributed by atoms with Gasteiger partial charge in [-0.25, -0.2) is 13.2 Å². The quantitative estimate of drug-likeness (QED) is 0.383. The van der Waals surface area contributed by atoms with Gasteiger partial charge in [0.1, 0.15) is 13.2 Å². The van der Waals surface area contributed by atoms with Crippen LogP contribution in [0.15, 0.2) is 82.1 Å². The van der Waals surface area contributed by atoms with Gasteiger partial charge in [-0.1, -0.05) is 30.3 Å². The Labute approximate surface area is 200 Å². The summed E-state index contributed by atoms with van der Waals surface area (Å²) in [7, 11) is -4.03. The molecule has 1 N–H and O–H groups in total. The Hall–Kier alpha value is -4.38. The van der Waals surface area contributed by atoms with Crippen LogP contribution in [0, 0.1) is 0 Å². The van der Waals surface area contributed by atoms with Crippen LogP contribution < -0.4 is 14.2 Å². The molecule has 3 aromatic carbocycles.